The van der Waals surface area contributed by atoms with Gasteiger partial charge in [0.15, 0.2) is 0 Å². The summed E-state index contributed by atoms with van der Waals surface area (Å²) < 4.78 is 0. The summed E-state index contributed by atoms with van der Waals surface area (Å²) in [5, 5.41) is 0.609. The molecule has 1 fully saturated rings. The lowest BCUT2D eigenvalue weighted by atomic mass is 10.0. The zero-order valence-electron chi connectivity index (χ0n) is 14.5. The summed E-state index contributed by atoms with van der Waals surface area (Å²) in [5.41, 5.74) is 7.36. The zero-order chi connectivity index (χ0) is 18.5. The van der Waals surface area contributed by atoms with E-state index in [0.29, 0.717) is 31.2 Å². The number of hydrogen-bond donors (Lipinski definition) is 1. The highest BCUT2D eigenvalue weighted by Crippen LogP contribution is 2.22. The van der Waals surface area contributed by atoms with Crippen molar-refractivity contribution in [3.63, 3.8) is 0 Å². The topological polar surface area (TPSA) is 66.6 Å². The Morgan fingerprint density at radius 1 is 0.962 bits per heavy atom. The largest absolute Gasteiger partial charge is 0.368 e. The van der Waals surface area contributed by atoms with E-state index in [2.05, 4.69) is 0 Å². The second-order valence-corrected chi connectivity index (χ2v) is 6.81. The minimum absolute atomic E-state index is 0.0492. The first-order valence-corrected chi connectivity index (χ1v) is 9.03. The molecule has 3 rings (SSSR count). The normalized spacial score (nSPS) is 16.3. The van der Waals surface area contributed by atoms with Crippen LogP contribution in [0.4, 0.5) is 0 Å². The van der Waals surface area contributed by atoms with E-state index in [0.717, 1.165) is 11.1 Å². The molecule has 2 aromatic rings. The number of benzene rings is 2. The summed E-state index contributed by atoms with van der Waals surface area (Å²) >= 11 is 6.14. The molecule has 1 aliphatic rings. The number of piperazine rings is 1. The lowest BCUT2D eigenvalue weighted by molar-refractivity contribution is -0.133. The van der Waals surface area contributed by atoms with Crippen LogP contribution in [-0.2, 0) is 16.0 Å². The van der Waals surface area contributed by atoms with Gasteiger partial charge in [-0.05, 0) is 17.2 Å². The van der Waals surface area contributed by atoms with E-state index in [9.17, 15) is 9.59 Å². The number of primary amides is 1. The molecular formula is C20H22ClN3O2. The molecule has 0 aliphatic carbocycles. The Kier molecular flexibility index (Phi) is 5.91. The van der Waals surface area contributed by atoms with Crippen molar-refractivity contribution < 1.29 is 9.59 Å². The van der Waals surface area contributed by atoms with Gasteiger partial charge in [0.1, 0.15) is 6.04 Å². The predicted molar refractivity (Wildman–Crippen MR) is 102 cm³/mol. The average Bonchev–Trinajstić information content (AvgIpc) is 2.65. The van der Waals surface area contributed by atoms with Gasteiger partial charge in [-0.3, -0.25) is 14.5 Å². The highest BCUT2D eigenvalue weighted by molar-refractivity contribution is 6.31. The fourth-order valence-electron chi connectivity index (χ4n) is 3.34. The Morgan fingerprint density at radius 2 is 1.58 bits per heavy atom. The second-order valence-electron chi connectivity index (χ2n) is 6.40. The van der Waals surface area contributed by atoms with E-state index in [-0.39, 0.29) is 18.2 Å². The van der Waals surface area contributed by atoms with Crippen LogP contribution in [0.5, 0.6) is 0 Å². The summed E-state index contributed by atoms with van der Waals surface area (Å²) in [6, 6.07) is 16.4. The Bertz CT molecular complexity index is 774. The van der Waals surface area contributed by atoms with Gasteiger partial charge in [-0.25, -0.2) is 0 Å². The van der Waals surface area contributed by atoms with Gasteiger partial charge < -0.3 is 10.6 Å². The molecule has 6 heteroatoms. The van der Waals surface area contributed by atoms with Crippen LogP contribution < -0.4 is 5.73 Å². The first-order valence-electron chi connectivity index (χ1n) is 8.66. The van der Waals surface area contributed by atoms with Crippen LogP contribution in [-0.4, -0.2) is 47.8 Å². The first kappa shape index (κ1) is 18.4. The van der Waals surface area contributed by atoms with Gasteiger partial charge in [0.25, 0.3) is 0 Å². The number of rotatable bonds is 5. The van der Waals surface area contributed by atoms with E-state index < -0.39 is 6.04 Å². The Labute approximate surface area is 158 Å². The number of carbonyl (C=O) groups is 2. The number of hydrogen-bond acceptors (Lipinski definition) is 3. The molecule has 1 unspecified atom stereocenters. The minimum atomic E-state index is -0.461. The molecule has 1 atom stereocenters. The molecule has 0 aromatic heterocycles. The van der Waals surface area contributed by atoms with Gasteiger partial charge in [-0.2, -0.15) is 0 Å². The quantitative estimate of drug-likeness (QED) is 0.876. The lowest BCUT2D eigenvalue weighted by Crippen LogP contribution is -2.52. The maximum absolute atomic E-state index is 12.6. The Morgan fingerprint density at radius 3 is 2.19 bits per heavy atom. The van der Waals surface area contributed by atoms with E-state index >= 15 is 0 Å². The van der Waals surface area contributed by atoms with Crippen LogP contribution >= 0.6 is 11.6 Å². The molecule has 0 bridgehead atoms. The van der Waals surface area contributed by atoms with E-state index in [1.165, 1.54) is 0 Å². The summed E-state index contributed by atoms with van der Waals surface area (Å²) in [6.45, 7) is 2.35. The third kappa shape index (κ3) is 4.23. The van der Waals surface area contributed by atoms with E-state index in [1.54, 1.807) is 6.07 Å². The maximum atomic E-state index is 12.6. The van der Waals surface area contributed by atoms with E-state index in [1.807, 2.05) is 58.3 Å². The SMILES string of the molecule is NC(=O)C(c1ccccc1)N1CCN(C(=O)Cc2ccccc2Cl)CC1. The van der Waals surface area contributed by atoms with Gasteiger partial charge in [0.2, 0.25) is 11.8 Å². The number of nitrogens with zero attached hydrogens (tertiary/aromatic N) is 2. The highest BCUT2D eigenvalue weighted by atomic mass is 35.5. The van der Waals surface area contributed by atoms with E-state index in [4.69, 9.17) is 17.3 Å². The summed E-state index contributed by atoms with van der Waals surface area (Å²) in [4.78, 5) is 28.4. The average molecular weight is 372 g/mol. The monoisotopic (exact) mass is 371 g/mol. The molecule has 1 heterocycles. The molecule has 2 aromatic carbocycles. The van der Waals surface area contributed by atoms with Gasteiger partial charge in [0, 0.05) is 31.2 Å². The number of carbonyl (C=O) groups excluding carboxylic acids is 2. The molecule has 1 saturated heterocycles. The molecule has 26 heavy (non-hydrogen) atoms. The lowest BCUT2D eigenvalue weighted by Gasteiger charge is -2.38. The van der Waals surface area contributed by atoms with Crippen molar-refractivity contribution in [2.45, 2.75) is 12.5 Å². The van der Waals surface area contributed by atoms with Crippen molar-refractivity contribution in [1.82, 2.24) is 9.80 Å². The van der Waals surface area contributed by atoms with Crippen LogP contribution in [0.15, 0.2) is 54.6 Å². The van der Waals surface area contributed by atoms with Crippen molar-refractivity contribution in [2.75, 3.05) is 26.2 Å². The summed E-state index contributed by atoms with van der Waals surface area (Å²) in [7, 11) is 0. The summed E-state index contributed by atoms with van der Waals surface area (Å²) in [6.07, 6.45) is 0.289. The number of halogens is 1. The molecule has 2 N–H and O–H groups in total. The maximum Gasteiger partial charge on any atom is 0.239 e. The van der Waals surface area contributed by atoms with Gasteiger partial charge in [0.05, 0.1) is 6.42 Å². The first-order chi connectivity index (χ1) is 12.6. The van der Waals surface area contributed by atoms with Crippen molar-refractivity contribution in [2.24, 2.45) is 5.73 Å². The van der Waals surface area contributed by atoms with Crippen LogP contribution in [0.25, 0.3) is 0 Å². The fourth-order valence-corrected chi connectivity index (χ4v) is 3.54. The molecule has 2 amide bonds. The minimum Gasteiger partial charge on any atom is -0.368 e. The number of nitrogens with two attached hydrogens (primary N) is 1. The highest BCUT2D eigenvalue weighted by Gasteiger charge is 2.30. The van der Waals surface area contributed by atoms with Crippen molar-refractivity contribution in [3.8, 4) is 0 Å². The second kappa shape index (κ2) is 8.34. The molecule has 0 saturated carbocycles. The van der Waals surface area contributed by atoms with Crippen molar-refractivity contribution in [3.05, 3.63) is 70.7 Å². The van der Waals surface area contributed by atoms with Gasteiger partial charge in [-0.1, -0.05) is 60.1 Å². The standard InChI is InChI=1S/C20H22ClN3O2/c21-17-9-5-4-8-16(17)14-18(25)23-10-12-24(13-11-23)19(20(22)26)15-6-2-1-3-7-15/h1-9,19H,10-14H2,(H2,22,26). The third-order valence-corrected chi connectivity index (χ3v) is 5.09. The van der Waals surface area contributed by atoms with Crippen LogP contribution in [0.2, 0.25) is 5.02 Å². The molecule has 136 valence electrons. The smallest absolute Gasteiger partial charge is 0.239 e. The Balaban J connectivity index is 1.62. The summed E-state index contributed by atoms with van der Waals surface area (Å²) in [5.74, 6) is -0.319. The third-order valence-electron chi connectivity index (χ3n) is 4.72. The van der Waals surface area contributed by atoms with Crippen LogP contribution in [0.3, 0.4) is 0 Å². The predicted octanol–water partition coefficient (Wildman–Crippen LogP) is 2.25. The molecular weight excluding hydrogens is 350 g/mol. The molecule has 0 radical (unpaired) electrons. The zero-order valence-corrected chi connectivity index (χ0v) is 15.2. The Hall–Kier alpha value is -2.37. The van der Waals surface area contributed by atoms with Crippen LogP contribution in [0.1, 0.15) is 17.2 Å². The molecule has 0 spiro atoms. The number of amides is 2. The van der Waals surface area contributed by atoms with Crippen molar-refractivity contribution >= 4 is 23.4 Å². The fraction of sp³-hybridized carbons (Fsp3) is 0.300. The van der Waals surface area contributed by atoms with Crippen LogP contribution in [0, 0.1) is 0 Å². The molecule has 5 nitrogen and oxygen atoms in total. The van der Waals surface area contributed by atoms with Crippen molar-refractivity contribution in [1.29, 1.82) is 0 Å². The van der Waals surface area contributed by atoms with Gasteiger partial charge >= 0.3 is 0 Å². The molecule has 1 aliphatic heterocycles. The van der Waals surface area contributed by atoms with Gasteiger partial charge in [-0.15, -0.1) is 0 Å².